The van der Waals surface area contributed by atoms with Crippen LogP contribution in [0.15, 0.2) is 16.9 Å². The standard InChI is InChI=1S/C11H15N5O2/c1-16-4-3-12-10(16)9-14-11(18-15-9)8-5-7(17-2)6-13-8/h3-4,7-8,13H,5-6H2,1-2H3. The Morgan fingerprint density at radius 1 is 1.56 bits per heavy atom. The van der Waals surface area contributed by atoms with Crippen LogP contribution in [-0.2, 0) is 11.8 Å². The van der Waals surface area contributed by atoms with E-state index in [1.165, 1.54) is 0 Å². The van der Waals surface area contributed by atoms with Crippen LogP contribution in [0, 0.1) is 0 Å². The van der Waals surface area contributed by atoms with E-state index in [-0.39, 0.29) is 12.1 Å². The molecular weight excluding hydrogens is 234 g/mol. The highest BCUT2D eigenvalue weighted by atomic mass is 16.5. The summed E-state index contributed by atoms with van der Waals surface area (Å²) in [7, 11) is 3.61. The Labute approximate surface area is 104 Å². The molecule has 1 aliphatic rings. The van der Waals surface area contributed by atoms with E-state index in [0.717, 1.165) is 13.0 Å². The minimum Gasteiger partial charge on any atom is -0.380 e. The van der Waals surface area contributed by atoms with Crippen molar-refractivity contribution in [3.63, 3.8) is 0 Å². The highest BCUT2D eigenvalue weighted by Crippen LogP contribution is 2.24. The zero-order valence-corrected chi connectivity index (χ0v) is 10.3. The number of rotatable bonds is 3. The molecule has 0 spiro atoms. The number of ether oxygens (including phenoxy) is 1. The highest BCUT2D eigenvalue weighted by molar-refractivity contribution is 5.42. The third-order valence-electron chi connectivity index (χ3n) is 3.18. The van der Waals surface area contributed by atoms with Gasteiger partial charge in [-0.2, -0.15) is 4.98 Å². The first-order chi connectivity index (χ1) is 8.78. The number of hydrogen-bond donors (Lipinski definition) is 1. The predicted molar refractivity (Wildman–Crippen MR) is 62.7 cm³/mol. The van der Waals surface area contributed by atoms with Gasteiger partial charge in [-0.25, -0.2) is 4.98 Å². The SMILES string of the molecule is COC1CNC(c2nc(-c3nccn3C)no2)C1. The number of hydrogen-bond acceptors (Lipinski definition) is 6. The molecule has 0 bridgehead atoms. The van der Waals surface area contributed by atoms with Crippen LogP contribution in [-0.4, -0.2) is 39.5 Å². The summed E-state index contributed by atoms with van der Waals surface area (Å²) in [5.41, 5.74) is 0. The van der Waals surface area contributed by atoms with Crippen LogP contribution in [0.5, 0.6) is 0 Å². The molecule has 1 N–H and O–H groups in total. The van der Waals surface area contributed by atoms with Gasteiger partial charge in [0.15, 0.2) is 5.82 Å². The van der Waals surface area contributed by atoms with Gasteiger partial charge in [-0.05, 0) is 6.42 Å². The minimum absolute atomic E-state index is 0.0662. The van der Waals surface area contributed by atoms with E-state index in [1.54, 1.807) is 13.3 Å². The second-order valence-corrected chi connectivity index (χ2v) is 4.37. The molecular formula is C11H15N5O2. The van der Waals surface area contributed by atoms with Gasteiger partial charge in [-0.3, -0.25) is 0 Å². The van der Waals surface area contributed by atoms with Gasteiger partial charge in [-0.1, -0.05) is 5.16 Å². The Bertz CT molecular complexity index is 535. The van der Waals surface area contributed by atoms with E-state index >= 15 is 0 Å². The summed E-state index contributed by atoms with van der Waals surface area (Å²) in [4.78, 5) is 8.58. The first-order valence-corrected chi connectivity index (χ1v) is 5.85. The molecule has 2 atom stereocenters. The molecule has 3 heterocycles. The average molecular weight is 249 g/mol. The van der Waals surface area contributed by atoms with Crippen LogP contribution in [0.1, 0.15) is 18.4 Å². The van der Waals surface area contributed by atoms with Crippen molar-refractivity contribution in [2.45, 2.75) is 18.6 Å². The second kappa shape index (κ2) is 4.51. The fourth-order valence-corrected chi connectivity index (χ4v) is 2.12. The maximum absolute atomic E-state index is 5.29. The zero-order chi connectivity index (χ0) is 12.5. The predicted octanol–water partition coefficient (Wildman–Crippen LogP) is 0.519. The van der Waals surface area contributed by atoms with Crippen molar-refractivity contribution < 1.29 is 9.26 Å². The van der Waals surface area contributed by atoms with Crippen molar-refractivity contribution in [3.05, 3.63) is 18.3 Å². The summed E-state index contributed by atoms with van der Waals surface area (Å²) in [6.45, 7) is 0.807. The molecule has 18 heavy (non-hydrogen) atoms. The van der Waals surface area contributed by atoms with Gasteiger partial charge in [-0.15, -0.1) is 0 Å². The molecule has 3 rings (SSSR count). The van der Waals surface area contributed by atoms with Gasteiger partial charge in [0.25, 0.3) is 0 Å². The third-order valence-corrected chi connectivity index (χ3v) is 3.18. The number of aryl methyl sites for hydroxylation is 1. The van der Waals surface area contributed by atoms with Gasteiger partial charge in [0.1, 0.15) is 0 Å². The zero-order valence-electron chi connectivity index (χ0n) is 10.3. The Hall–Kier alpha value is -1.73. The van der Waals surface area contributed by atoms with Crippen molar-refractivity contribution in [2.75, 3.05) is 13.7 Å². The lowest BCUT2D eigenvalue weighted by Crippen LogP contribution is -2.16. The van der Waals surface area contributed by atoms with E-state index < -0.39 is 0 Å². The van der Waals surface area contributed by atoms with Crippen LogP contribution in [0.25, 0.3) is 11.6 Å². The van der Waals surface area contributed by atoms with Gasteiger partial charge in [0.05, 0.1) is 12.1 Å². The van der Waals surface area contributed by atoms with Crippen LogP contribution in [0.4, 0.5) is 0 Å². The van der Waals surface area contributed by atoms with E-state index in [0.29, 0.717) is 17.5 Å². The number of imidazole rings is 1. The van der Waals surface area contributed by atoms with Crippen molar-refractivity contribution in [1.82, 2.24) is 25.0 Å². The topological polar surface area (TPSA) is 78.0 Å². The van der Waals surface area contributed by atoms with Crippen molar-refractivity contribution in [3.8, 4) is 11.6 Å². The molecule has 1 saturated heterocycles. The molecule has 0 saturated carbocycles. The number of aromatic nitrogens is 4. The third kappa shape index (κ3) is 1.91. The molecule has 0 radical (unpaired) electrons. The molecule has 0 amide bonds. The second-order valence-electron chi connectivity index (χ2n) is 4.37. The van der Waals surface area contributed by atoms with Gasteiger partial charge in [0.2, 0.25) is 11.7 Å². The molecule has 2 aromatic heterocycles. The first kappa shape index (κ1) is 11.4. The monoisotopic (exact) mass is 249 g/mol. The Morgan fingerprint density at radius 3 is 3.11 bits per heavy atom. The molecule has 2 aromatic rings. The van der Waals surface area contributed by atoms with Crippen molar-refractivity contribution >= 4 is 0 Å². The normalized spacial score (nSPS) is 23.7. The van der Waals surface area contributed by atoms with E-state index in [1.807, 2.05) is 17.8 Å². The number of nitrogens with one attached hydrogen (secondary N) is 1. The summed E-state index contributed by atoms with van der Waals surface area (Å²) in [6.07, 6.45) is 4.61. The summed E-state index contributed by atoms with van der Waals surface area (Å²) in [5, 5.41) is 7.26. The quantitative estimate of drug-likeness (QED) is 0.854. The van der Waals surface area contributed by atoms with Crippen molar-refractivity contribution in [1.29, 1.82) is 0 Å². The fraction of sp³-hybridized carbons (Fsp3) is 0.545. The van der Waals surface area contributed by atoms with Gasteiger partial charge in [0, 0.05) is 33.1 Å². The minimum atomic E-state index is 0.0662. The van der Waals surface area contributed by atoms with E-state index in [2.05, 4.69) is 20.4 Å². The molecule has 1 aliphatic heterocycles. The van der Waals surface area contributed by atoms with E-state index in [4.69, 9.17) is 9.26 Å². The Morgan fingerprint density at radius 2 is 2.44 bits per heavy atom. The lowest BCUT2D eigenvalue weighted by molar-refractivity contribution is 0.116. The summed E-state index contributed by atoms with van der Waals surface area (Å²) < 4.78 is 12.4. The Balaban J connectivity index is 1.80. The molecule has 7 nitrogen and oxygen atoms in total. The molecule has 7 heteroatoms. The lowest BCUT2D eigenvalue weighted by atomic mass is 10.2. The smallest absolute Gasteiger partial charge is 0.244 e. The molecule has 0 aliphatic carbocycles. The Kier molecular flexibility index (Phi) is 2.85. The molecule has 96 valence electrons. The molecule has 2 unspecified atom stereocenters. The maximum Gasteiger partial charge on any atom is 0.244 e. The van der Waals surface area contributed by atoms with Crippen molar-refractivity contribution in [2.24, 2.45) is 7.05 Å². The average Bonchev–Trinajstić information content (AvgIpc) is 3.07. The number of nitrogens with zero attached hydrogens (tertiary/aromatic N) is 4. The molecule has 0 aromatic carbocycles. The summed E-state index contributed by atoms with van der Waals surface area (Å²) >= 11 is 0. The highest BCUT2D eigenvalue weighted by Gasteiger charge is 2.29. The summed E-state index contributed by atoms with van der Waals surface area (Å²) in [6, 6.07) is 0.0662. The van der Waals surface area contributed by atoms with Crippen LogP contribution in [0.2, 0.25) is 0 Å². The van der Waals surface area contributed by atoms with E-state index in [9.17, 15) is 0 Å². The van der Waals surface area contributed by atoms with Gasteiger partial charge >= 0.3 is 0 Å². The largest absolute Gasteiger partial charge is 0.380 e. The fourth-order valence-electron chi connectivity index (χ4n) is 2.12. The summed E-state index contributed by atoms with van der Waals surface area (Å²) in [5.74, 6) is 1.80. The van der Waals surface area contributed by atoms with Crippen LogP contribution >= 0.6 is 0 Å². The molecule has 1 fully saturated rings. The van der Waals surface area contributed by atoms with Crippen LogP contribution < -0.4 is 5.32 Å². The first-order valence-electron chi connectivity index (χ1n) is 5.85. The van der Waals surface area contributed by atoms with Gasteiger partial charge < -0.3 is 19.1 Å². The lowest BCUT2D eigenvalue weighted by Gasteiger charge is -2.04. The number of methoxy groups -OCH3 is 1. The maximum atomic E-state index is 5.29. The van der Waals surface area contributed by atoms with Crippen LogP contribution in [0.3, 0.4) is 0 Å².